The van der Waals surface area contributed by atoms with Gasteiger partial charge in [0.2, 0.25) is 0 Å². The Bertz CT molecular complexity index is 1280. The van der Waals surface area contributed by atoms with Crippen molar-refractivity contribution in [3.63, 3.8) is 0 Å². The molecule has 0 unspecified atom stereocenters. The molecule has 7 heteroatoms. The summed E-state index contributed by atoms with van der Waals surface area (Å²) in [7, 11) is 3.98. The number of aryl methyl sites for hydroxylation is 2. The summed E-state index contributed by atoms with van der Waals surface area (Å²) in [6.07, 6.45) is 1.55. The van der Waals surface area contributed by atoms with Crippen LogP contribution in [0.2, 0.25) is 0 Å². The first-order chi connectivity index (χ1) is 15.7. The molecule has 168 valence electrons. The molecule has 0 radical (unpaired) electrons. The van der Waals surface area contributed by atoms with Gasteiger partial charge in [-0.3, -0.25) is 14.9 Å². The molecular formula is C26H26N4O3. The molecule has 1 saturated heterocycles. The van der Waals surface area contributed by atoms with Crippen molar-refractivity contribution in [2.75, 3.05) is 23.9 Å². The fourth-order valence-corrected chi connectivity index (χ4v) is 3.97. The minimum Gasteiger partial charge on any atom is -0.378 e. The second-order valence-corrected chi connectivity index (χ2v) is 8.37. The minimum absolute atomic E-state index is 0.0848. The molecule has 2 heterocycles. The van der Waals surface area contributed by atoms with E-state index in [0.29, 0.717) is 5.69 Å². The normalized spacial score (nSPS) is 15.2. The highest BCUT2D eigenvalue weighted by Crippen LogP contribution is 2.27. The van der Waals surface area contributed by atoms with Crippen LogP contribution in [0.15, 0.2) is 60.2 Å². The zero-order valence-corrected chi connectivity index (χ0v) is 19.3. The highest BCUT2D eigenvalue weighted by molar-refractivity contribution is 6.39. The molecule has 0 bridgehead atoms. The Hall–Kier alpha value is -4.13. The second kappa shape index (κ2) is 8.43. The van der Waals surface area contributed by atoms with Gasteiger partial charge in [-0.15, -0.1) is 0 Å². The van der Waals surface area contributed by atoms with E-state index in [2.05, 4.69) is 9.88 Å². The van der Waals surface area contributed by atoms with E-state index in [9.17, 15) is 14.4 Å². The van der Waals surface area contributed by atoms with Crippen molar-refractivity contribution in [2.24, 2.45) is 0 Å². The van der Waals surface area contributed by atoms with Gasteiger partial charge < -0.3 is 9.47 Å². The smallest absolute Gasteiger partial charge is 0.335 e. The van der Waals surface area contributed by atoms with Gasteiger partial charge in [-0.25, -0.2) is 9.69 Å². The van der Waals surface area contributed by atoms with Crippen molar-refractivity contribution in [1.29, 1.82) is 0 Å². The first kappa shape index (κ1) is 22.1. The van der Waals surface area contributed by atoms with Gasteiger partial charge >= 0.3 is 6.03 Å². The standard InChI is InChI=1S/C26H26N4O3/c1-16-6-8-22(9-7-16)30-25(32)23(24(31)27-26(30)33)15-19-14-17(2)29(18(19)3)21-12-10-20(11-13-21)28(4)5/h6-15H,1-5H3,(H,27,31,33)/b23-15+. The molecule has 1 fully saturated rings. The second-order valence-electron chi connectivity index (χ2n) is 8.37. The summed E-state index contributed by atoms with van der Waals surface area (Å²) in [5.41, 5.74) is 5.99. The van der Waals surface area contributed by atoms with Crippen molar-refractivity contribution in [3.05, 3.63) is 82.7 Å². The number of carbonyl (C=O) groups excluding carboxylic acids is 3. The Morgan fingerprint density at radius 2 is 1.45 bits per heavy atom. The molecule has 0 atom stereocenters. The monoisotopic (exact) mass is 442 g/mol. The number of imide groups is 2. The predicted octanol–water partition coefficient (Wildman–Crippen LogP) is 4.13. The Kier molecular flexibility index (Phi) is 5.64. The fraction of sp³-hybridized carbons (Fsp3) is 0.192. The third-order valence-electron chi connectivity index (χ3n) is 5.79. The van der Waals surface area contributed by atoms with Gasteiger partial charge in [-0.1, -0.05) is 17.7 Å². The summed E-state index contributed by atoms with van der Waals surface area (Å²) in [5, 5.41) is 2.28. The van der Waals surface area contributed by atoms with E-state index in [-0.39, 0.29) is 5.57 Å². The number of hydrogen-bond donors (Lipinski definition) is 1. The van der Waals surface area contributed by atoms with E-state index in [1.165, 1.54) is 0 Å². The fourth-order valence-electron chi connectivity index (χ4n) is 3.97. The number of anilines is 2. The predicted molar refractivity (Wildman–Crippen MR) is 130 cm³/mol. The average molecular weight is 443 g/mol. The van der Waals surface area contributed by atoms with Crippen LogP contribution in [0.3, 0.4) is 0 Å². The first-order valence-electron chi connectivity index (χ1n) is 10.6. The molecule has 1 aromatic heterocycles. The SMILES string of the molecule is Cc1ccc(N2C(=O)NC(=O)/C(=C\c3cc(C)n(-c4ccc(N(C)C)cc4)c3C)C2=O)cc1. The number of nitrogens with zero attached hydrogens (tertiary/aromatic N) is 3. The highest BCUT2D eigenvalue weighted by atomic mass is 16.2. The maximum Gasteiger partial charge on any atom is 0.335 e. The van der Waals surface area contributed by atoms with Crippen LogP contribution in [0.4, 0.5) is 16.2 Å². The van der Waals surface area contributed by atoms with Gasteiger partial charge in [-0.05, 0) is 74.9 Å². The number of barbiturate groups is 1. The van der Waals surface area contributed by atoms with Gasteiger partial charge in [0.05, 0.1) is 5.69 Å². The maximum absolute atomic E-state index is 13.2. The number of aromatic nitrogens is 1. The number of urea groups is 1. The van der Waals surface area contributed by atoms with Crippen molar-refractivity contribution in [3.8, 4) is 5.69 Å². The molecule has 7 nitrogen and oxygen atoms in total. The number of rotatable bonds is 4. The Morgan fingerprint density at radius 3 is 2.06 bits per heavy atom. The number of carbonyl (C=O) groups is 3. The molecule has 1 aliphatic heterocycles. The van der Waals surface area contributed by atoms with Crippen LogP contribution in [-0.2, 0) is 9.59 Å². The summed E-state index contributed by atoms with van der Waals surface area (Å²) in [4.78, 5) is 41.2. The molecule has 0 spiro atoms. The Balaban J connectivity index is 1.72. The van der Waals surface area contributed by atoms with Gasteiger partial charge in [0.15, 0.2) is 0 Å². The number of benzene rings is 2. The molecule has 1 N–H and O–H groups in total. The van der Waals surface area contributed by atoms with Crippen molar-refractivity contribution >= 4 is 35.3 Å². The van der Waals surface area contributed by atoms with Gasteiger partial charge in [-0.2, -0.15) is 0 Å². The molecule has 1 aliphatic rings. The van der Waals surface area contributed by atoms with E-state index in [1.54, 1.807) is 18.2 Å². The summed E-state index contributed by atoms with van der Waals surface area (Å²) >= 11 is 0. The van der Waals surface area contributed by atoms with Crippen LogP contribution in [0, 0.1) is 20.8 Å². The molecule has 2 aromatic carbocycles. The molecule has 33 heavy (non-hydrogen) atoms. The van der Waals surface area contributed by atoms with Crippen molar-refractivity contribution in [2.45, 2.75) is 20.8 Å². The third-order valence-corrected chi connectivity index (χ3v) is 5.79. The summed E-state index contributed by atoms with van der Waals surface area (Å²) in [5.74, 6) is -1.35. The van der Waals surface area contributed by atoms with E-state index < -0.39 is 17.8 Å². The molecular weight excluding hydrogens is 416 g/mol. The number of nitrogens with one attached hydrogen (secondary N) is 1. The van der Waals surface area contributed by atoms with Crippen LogP contribution in [0.5, 0.6) is 0 Å². The number of amides is 4. The summed E-state index contributed by atoms with van der Waals surface area (Å²) in [6, 6.07) is 16.3. The lowest BCUT2D eigenvalue weighted by Crippen LogP contribution is -2.54. The zero-order valence-electron chi connectivity index (χ0n) is 19.3. The van der Waals surface area contributed by atoms with Crippen LogP contribution in [-0.4, -0.2) is 36.5 Å². The molecule has 0 aliphatic carbocycles. The van der Waals surface area contributed by atoms with E-state index in [4.69, 9.17) is 0 Å². The van der Waals surface area contributed by atoms with Gasteiger partial charge in [0.25, 0.3) is 11.8 Å². The van der Waals surface area contributed by atoms with Crippen LogP contribution in [0.25, 0.3) is 11.8 Å². The van der Waals surface area contributed by atoms with E-state index in [0.717, 1.165) is 38.8 Å². The van der Waals surface area contributed by atoms with E-state index in [1.807, 2.05) is 82.2 Å². The minimum atomic E-state index is -0.752. The van der Waals surface area contributed by atoms with Gasteiger partial charge in [0, 0.05) is 36.9 Å². The topological polar surface area (TPSA) is 74.7 Å². The number of hydrogen-bond acceptors (Lipinski definition) is 4. The van der Waals surface area contributed by atoms with Crippen molar-refractivity contribution in [1.82, 2.24) is 9.88 Å². The summed E-state index contributed by atoms with van der Waals surface area (Å²) in [6.45, 7) is 5.83. The Labute approximate surface area is 192 Å². The van der Waals surface area contributed by atoms with Crippen LogP contribution < -0.4 is 15.1 Å². The molecule has 4 rings (SSSR count). The zero-order chi connectivity index (χ0) is 23.9. The maximum atomic E-state index is 13.2. The molecule has 0 saturated carbocycles. The quantitative estimate of drug-likeness (QED) is 0.487. The molecule has 3 aromatic rings. The first-order valence-corrected chi connectivity index (χ1v) is 10.6. The van der Waals surface area contributed by atoms with E-state index >= 15 is 0 Å². The lowest BCUT2D eigenvalue weighted by molar-refractivity contribution is -0.122. The molecule has 4 amide bonds. The lowest BCUT2D eigenvalue weighted by atomic mass is 10.1. The van der Waals surface area contributed by atoms with Gasteiger partial charge in [0.1, 0.15) is 5.57 Å². The van der Waals surface area contributed by atoms with Crippen molar-refractivity contribution < 1.29 is 14.4 Å². The Morgan fingerprint density at radius 1 is 0.848 bits per heavy atom. The highest BCUT2D eigenvalue weighted by Gasteiger charge is 2.37. The average Bonchev–Trinajstić information content (AvgIpc) is 3.05. The largest absolute Gasteiger partial charge is 0.378 e. The third kappa shape index (κ3) is 4.05. The summed E-state index contributed by atoms with van der Waals surface area (Å²) < 4.78 is 2.07. The van der Waals surface area contributed by atoms with Crippen LogP contribution >= 0.6 is 0 Å². The lowest BCUT2D eigenvalue weighted by Gasteiger charge is -2.26. The van der Waals surface area contributed by atoms with Crippen LogP contribution in [0.1, 0.15) is 22.5 Å².